The van der Waals surface area contributed by atoms with Gasteiger partial charge in [-0.05, 0) is 65.5 Å². The van der Waals surface area contributed by atoms with Crippen molar-refractivity contribution >= 4 is 29.9 Å². The minimum absolute atomic E-state index is 0. The number of likely N-dealkylation sites (tertiary alicyclic amines) is 1. The fraction of sp³-hybridized carbons (Fsp3) is 0.944. The van der Waals surface area contributed by atoms with Crippen molar-refractivity contribution in [2.24, 2.45) is 4.99 Å². The monoisotopic (exact) mass is 452 g/mol. The maximum Gasteiger partial charge on any atom is 0.191 e. The van der Waals surface area contributed by atoms with E-state index in [1.807, 2.05) is 0 Å². The lowest BCUT2D eigenvalue weighted by Gasteiger charge is -2.33. The zero-order valence-electron chi connectivity index (χ0n) is 15.6. The summed E-state index contributed by atoms with van der Waals surface area (Å²) in [5, 5.41) is 6.79. The van der Waals surface area contributed by atoms with Crippen LogP contribution in [0.25, 0.3) is 0 Å². The molecule has 0 spiro atoms. The van der Waals surface area contributed by atoms with Crippen LogP contribution in [0.2, 0.25) is 0 Å². The van der Waals surface area contributed by atoms with Gasteiger partial charge in [-0.1, -0.05) is 6.42 Å². The van der Waals surface area contributed by atoms with Gasteiger partial charge < -0.3 is 20.3 Å². The number of piperidine rings is 1. The number of ether oxygens (including phenoxy) is 1. The van der Waals surface area contributed by atoms with Gasteiger partial charge in [-0.15, -0.1) is 24.0 Å². The Morgan fingerprint density at radius 3 is 2.75 bits per heavy atom. The molecule has 0 saturated carbocycles. The van der Waals surface area contributed by atoms with E-state index in [1.54, 1.807) is 0 Å². The number of unbranched alkanes of at least 4 members (excludes halogenated alkanes) is 1. The standard InChI is InChI=1S/C18H36N4O.HI/c1-3-19-18(21-15-17-10-8-14-23-17)20-11-5-7-13-22-12-6-4-9-16(22)2;/h16-17H,3-15H2,1-2H3,(H2,19,20,21);1H. The van der Waals surface area contributed by atoms with Gasteiger partial charge in [0.15, 0.2) is 5.96 Å². The summed E-state index contributed by atoms with van der Waals surface area (Å²) in [6, 6.07) is 0.780. The minimum atomic E-state index is 0. The topological polar surface area (TPSA) is 48.9 Å². The van der Waals surface area contributed by atoms with Crippen LogP contribution in [0.15, 0.2) is 4.99 Å². The van der Waals surface area contributed by atoms with Gasteiger partial charge in [-0.25, -0.2) is 0 Å². The van der Waals surface area contributed by atoms with E-state index < -0.39 is 0 Å². The van der Waals surface area contributed by atoms with Crippen LogP contribution in [0.3, 0.4) is 0 Å². The molecule has 2 heterocycles. The molecule has 142 valence electrons. The summed E-state index contributed by atoms with van der Waals surface area (Å²) in [4.78, 5) is 7.31. The number of hydrogen-bond acceptors (Lipinski definition) is 3. The van der Waals surface area contributed by atoms with E-state index in [4.69, 9.17) is 4.74 Å². The zero-order chi connectivity index (χ0) is 16.3. The van der Waals surface area contributed by atoms with E-state index in [0.717, 1.165) is 44.7 Å². The van der Waals surface area contributed by atoms with Crippen molar-refractivity contribution in [1.82, 2.24) is 15.5 Å². The molecule has 6 heteroatoms. The summed E-state index contributed by atoms with van der Waals surface area (Å²) in [6.45, 7) is 10.6. The Balaban J connectivity index is 0.00000288. The molecule has 2 rings (SSSR count). The molecule has 2 aliphatic heterocycles. The lowest BCUT2D eigenvalue weighted by molar-refractivity contribution is 0.117. The second-order valence-electron chi connectivity index (χ2n) is 6.87. The number of nitrogens with zero attached hydrogens (tertiary/aromatic N) is 2. The molecule has 2 aliphatic rings. The van der Waals surface area contributed by atoms with Crippen LogP contribution in [0, 0.1) is 0 Å². The molecule has 24 heavy (non-hydrogen) atoms. The summed E-state index contributed by atoms with van der Waals surface area (Å²) in [5.74, 6) is 0.939. The molecule has 2 saturated heterocycles. The molecule has 0 aliphatic carbocycles. The maximum absolute atomic E-state index is 5.63. The largest absolute Gasteiger partial charge is 0.376 e. The van der Waals surface area contributed by atoms with Crippen LogP contribution in [0.5, 0.6) is 0 Å². The van der Waals surface area contributed by atoms with E-state index in [0.29, 0.717) is 6.10 Å². The van der Waals surface area contributed by atoms with E-state index in [9.17, 15) is 0 Å². The lowest BCUT2D eigenvalue weighted by Crippen LogP contribution is -2.39. The Hall–Kier alpha value is -0.0800. The fourth-order valence-corrected chi connectivity index (χ4v) is 3.46. The van der Waals surface area contributed by atoms with Gasteiger partial charge >= 0.3 is 0 Å². The number of hydrogen-bond donors (Lipinski definition) is 2. The van der Waals surface area contributed by atoms with Crippen molar-refractivity contribution in [2.45, 2.75) is 70.9 Å². The first-order chi connectivity index (χ1) is 11.3. The van der Waals surface area contributed by atoms with Crippen LogP contribution < -0.4 is 10.6 Å². The molecule has 2 N–H and O–H groups in total. The molecule has 0 aromatic heterocycles. The van der Waals surface area contributed by atoms with Crippen LogP contribution in [-0.4, -0.2) is 62.3 Å². The molecule has 0 bridgehead atoms. The quantitative estimate of drug-likeness (QED) is 0.257. The third-order valence-electron chi connectivity index (χ3n) is 4.93. The Kier molecular flexibility index (Phi) is 12.0. The fourth-order valence-electron chi connectivity index (χ4n) is 3.46. The molecule has 5 nitrogen and oxygen atoms in total. The number of rotatable bonds is 8. The van der Waals surface area contributed by atoms with Gasteiger partial charge in [0.1, 0.15) is 0 Å². The lowest BCUT2D eigenvalue weighted by atomic mass is 10.0. The number of aliphatic imine (C=N–C) groups is 1. The minimum Gasteiger partial charge on any atom is -0.376 e. The summed E-state index contributed by atoms with van der Waals surface area (Å²) in [6.07, 6.45) is 9.28. The highest BCUT2D eigenvalue weighted by Crippen LogP contribution is 2.16. The van der Waals surface area contributed by atoms with Crippen molar-refractivity contribution in [2.75, 3.05) is 39.3 Å². The second-order valence-corrected chi connectivity index (χ2v) is 6.87. The summed E-state index contributed by atoms with van der Waals surface area (Å²) >= 11 is 0. The first kappa shape index (κ1) is 22.0. The Morgan fingerprint density at radius 2 is 2.04 bits per heavy atom. The van der Waals surface area contributed by atoms with Crippen LogP contribution in [0.4, 0.5) is 0 Å². The van der Waals surface area contributed by atoms with Crippen LogP contribution in [0.1, 0.15) is 58.8 Å². The summed E-state index contributed by atoms with van der Waals surface area (Å²) in [5.41, 5.74) is 0. The number of nitrogens with one attached hydrogen (secondary N) is 2. The molecule has 2 unspecified atom stereocenters. The predicted molar refractivity (Wildman–Crippen MR) is 112 cm³/mol. The van der Waals surface area contributed by atoms with Crippen molar-refractivity contribution in [1.29, 1.82) is 0 Å². The molecular formula is C18H37IN4O. The first-order valence-corrected chi connectivity index (χ1v) is 9.67. The van der Waals surface area contributed by atoms with Gasteiger partial charge in [-0.3, -0.25) is 4.99 Å². The predicted octanol–water partition coefficient (Wildman–Crippen LogP) is 2.99. The average molecular weight is 452 g/mol. The normalized spacial score (nSPS) is 25.3. The van der Waals surface area contributed by atoms with Crippen molar-refractivity contribution < 1.29 is 4.74 Å². The summed E-state index contributed by atoms with van der Waals surface area (Å²) < 4.78 is 5.63. The SMILES string of the molecule is CCNC(=NCC1CCCO1)NCCCCN1CCCCC1C.I. The zero-order valence-corrected chi connectivity index (χ0v) is 17.9. The van der Waals surface area contributed by atoms with E-state index in [-0.39, 0.29) is 24.0 Å². The molecular weight excluding hydrogens is 415 g/mol. The third-order valence-corrected chi connectivity index (χ3v) is 4.93. The summed E-state index contributed by atoms with van der Waals surface area (Å²) in [7, 11) is 0. The van der Waals surface area contributed by atoms with Crippen molar-refractivity contribution in [3.05, 3.63) is 0 Å². The average Bonchev–Trinajstić information content (AvgIpc) is 3.07. The highest BCUT2D eigenvalue weighted by atomic mass is 127. The molecule has 0 aromatic rings. The number of halogens is 1. The molecule has 2 fully saturated rings. The van der Waals surface area contributed by atoms with Crippen molar-refractivity contribution in [3.8, 4) is 0 Å². The van der Waals surface area contributed by atoms with Crippen molar-refractivity contribution in [3.63, 3.8) is 0 Å². The molecule has 0 amide bonds. The van der Waals surface area contributed by atoms with E-state index in [2.05, 4.69) is 34.4 Å². The smallest absolute Gasteiger partial charge is 0.191 e. The highest BCUT2D eigenvalue weighted by molar-refractivity contribution is 14.0. The van der Waals surface area contributed by atoms with E-state index >= 15 is 0 Å². The Morgan fingerprint density at radius 1 is 1.17 bits per heavy atom. The molecule has 0 radical (unpaired) electrons. The highest BCUT2D eigenvalue weighted by Gasteiger charge is 2.17. The third kappa shape index (κ3) is 8.34. The van der Waals surface area contributed by atoms with Gasteiger partial charge in [0.2, 0.25) is 0 Å². The van der Waals surface area contributed by atoms with Gasteiger partial charge in [-0.2, -0.15) is 0 Å². The molecule has 2 atom stereocenters. The van der Waals surface area contributed by atoms with Gasteiger partial charge in [0.25, 0.3) is 0 Å². The first-order valence-electron chi connectivity index (χ1n) is 9.67. The molecule has 0 aromatic carbocycles. The van der Waals surface area contributed by atoms with E-state index in [1.165, 1.54) is 51.6 Å². The second kappa shape index (κ2) is 13.2. The van der Waals surface area contributed by atoms with Crippen LogP contribution in [-0.2, 0) is 4.74 Å². The van der Waals surface area contributed by atoms with Crippen LogP contribution >= 0.6 is 24.0 Å². The van der Waals surface area contributed by atoms with Gasteiger partial charge in [0, 0.05) is 25.7 Å². The van der Waals surface area contributed by atoms with Gasteiger partial charge in [0.05, 0.1) is 12.6 Å². The Bertz CT molecular complexity index is 348. The Labute approximate surface area is 165 Å². The number of guanidine groups is 1. The maximum atomic E-state index is 5.63.